The van der Waals surface area contributed by atoms with Gasteiger partial charge in [0.1, 0.15) is 0 Å². The summed E-state index contributed by atoms with van der Waals surface area (Å²) in [5.74, 6) is -3.84. The maximum Gasteiger partial charge on any atom is 0.343 e. The van der Waals surface area contributed by atoms with Crippen molar-refractivity contribution in [1.29, 1.82) is 0 Å². The molecule has 4 nitrogen and oxygen atoms in total. The Kier molecular flexibility index (Phi) is 8.31. The van der Waals surface area contributed by atoms with Gasteiger partial charge in [-0.05, 0) is 92.5 Å². The Labute approximate surface area is 209 Å². The summed E-state index contributed by atoms with van der Waals surface area (Å²) in [6, 6.07) is 13.6. The quantitative estimate of drug-likeness (QED) is 0.239. The third-order valence-electron chi connectivity index (χ3n) is 6.48. The van der Waals surface area contributed by atoms with Gasteiger partial charge in [0.2, 0.25) is 5.82 Å². The van der Waals surface area contributed by atoms with Gasteiger partial charge < -0.3 is 14.2 Å². The van der Waals surface area contributed by atoms with Crippen LogP contribution in [0.3, 0.4) is 0 Å². The van der Waals surface area contributed by atoms with Crippen molar-refractivity contribution in [2.75, 3.05) is 13.2 Å². The van der Waals surface area contributed by atoms with E-state index in [1.165, 1.54) is 30.3 Å². The van der Waals surface area contributed by atoms with Crippen LogP contribution in [0, 0.1) is 17.5 Å². The molecule has 0 amide bonds. The Morgan fingerprint density at radius 1 is 0.806 bits per heavy atom. The van der Waals surface area contributed by atoms with Crippen molar-refractivity contribution in [3.05, 3.63) is 83.2 Å². The standard InChI is InChI=1S/C29H29F3O4/c1-3-34-22-12-9-19(10-13-22)23-14-16-26(28(32)27(23)31)36-29(33)20-7-5-18(6-8-20)21-11-15-25(35-4-2)24(30)17-21/h5-8,11,14-17,19,22H,3-4,9-10,12-13H2,1-2H3. The smallest absolute Gasteiger partial charge is 0.343 e. The van der Waals surface area contributed by atoms with E-state index < -0.39 is 29.2 Å². The van der Waals surface area contributed by atoms with Crippen LogP contribution in [0.25, 0.3) is 11.1 Å². The average molecular weight is 499 g/mol. The molecule has 7 heteroatoms. The fraction of sp³-hybridized carbons (Fsp3) is 0.345. The number of hydrogen-bond donors (Lipinski definition) is 0. The van der Waals surface area contributed by atoms with E-state index in [2.05, 4.69) is 0 Å². The van der Waals surface area contributed by atoms with E-state index in [0.717, 1.165) is 12.8 Å². The van der Waals surface area contributed by atoms with E-state index >= 15 is 0 Å². The lowest BCUT2D eigenvalue weighted by Crippen LogP contribution is -2.21. The van der Waals surface area contributed by atoms with Crippen LogP contribution in [-0.4, -0.2) is 25.3 Å². The third kappa shape index (κ3) is 5.73. The number of halogens is 3. The van der Waals surface area contributed by atoms with Gasteiger partial charge in [0.05, 0.1) is 18.3 Å². The molecule has 1 saturated carbocycles. The minimum atomic E-state index is -1.17. The monoisotopic (exact) mass is 498 g/mol. The fourth-order valence-corrected chi connectivity index (χ4v) is 4.63. The van der Waals surface area contributed by atoms with Crippen molar-refractivity contribution in [2.24, 2.45) is 0 Å². The van der Waals surface area contributed by atoms with E-state index in [4.69, 9.17) is 14.2 Å². The predicted octanol–water partition coefficient (Wildman–Crippen LogP) is 7.45. The highest BCUT2D eigenvalue weighted by molar-refractivity contribution is 5.91. The molecule has 0 aliphatic heterocycles. The first-order valence-electron chi connectivity index (χ1n) is 12.3. The Morgan fingerprint density at radius 2 is 1.47 bits per heavy atom. The lowest BCUT2D eigenvalue weighted by molar-refractivity contribution is 0.0325. The molecule has 0 saturated heterocycles. The van der Waals surface area contributed by atoms with Crippen LogP contribution in [0.5, 0.6) is 11.5 Å². The molecule has 0 spiro atoms. The minimum absolute atomic E-state index is 0.0964. The molecule has 1 aliphatic carbocycles. The molecule has 0 N–H and O–H groups in total. The maximum absolute atomic E-state index is 14.9. The molecule has 0 aromatic heterocycles. The maximum atomic E-state index is 14.9. The van der Waals surface area contributed by atoms with E-state index in [1.807, 2.05) is 6.92 Å². The zero-order chi connectivity index (χ0) is 25.7. The van der Waals surface area contributed by atoms with E-state index in [9.17, 15) is 18.0 Å². The molecule has 3 aromatic rings. The van der Waals surface area contributed by atoms with Gasteiger partial charge in [-0.15, -0.1) is 0 Å². The second kappa shape index (κ2) is 11.6. The summed E-state index contributed by atoms with van der Waals surface area (Å²) in [4.78, 5) is 12.6. The van der Waals surface area contributed by atoms with Crippen LogP contribution in [0.4, 0.5) is 13.2 Å². The molecule has 36 heavy (non-hydrogen) atoms. The molecule has 0 bridgehead atoms. The van der Waals surface area contributed by atoms with E-state index in [1.54, 1.807) is 31.2 Å². The first kappa shape index (κ1) is 25.8. The first-order valence-corrected chi connectivity index (χ1v) is 12.3. The van der Waals surface area contributed by atoms with Crippen LogP contribution < -0.4 is 9.47 Å². The van der Waals surface area contributed by atoms with Crippen molar-refractivity contribution in [3.63, 3.8) is 0 Å². The third-order valence-corrected chi connectivity index (χ3v) is 6.48. The summed E-state index contributed by atoms with van der Waals surface area (Å²) in [6.45, 7) is 4.71. The summed E-state index contributed by atoms with van der Waals surface area (Å²) in [5, 5.41) is 0. The van der Waals surface area contributed by atoms with Crippen molar-refractivity contribution in [3.8, 4) is 22.6 Å². The SMILES string of the molecule is CCOc1ccc(-c2ccc(C(=O)Oc3ccc(C4CCC(OCC)CC4)c(F)c3F)cc2)cc1F. The van der Waals surface area contributed by atoms with Gasteiger partial charge in [-0.1, -0.05) is 24.3 Å². The highest BCUT2D eigenvalue weighted by Crippen LogP contribution is 2.37. The summed E-state index contributed by atoms with van der Waals surface area (Å²) >= 11 is 0. The van der Waals surface area contributed by atoms with Crippen molar-refractivity contribution in [2.45, 2.75) is 51.6 Å². The number of benzene rings is 3. The molecular formula is C29H29F3O4. The number of hydrogen-bond acceptors (Lipinski definition) is 4. The average Bonchev–Trinajstić information content (AvgIpc) is 2.89. The number of rotatable bonds is 8. The van der Waals surface area contributed by atoms with Crippen molar-refractivity contribution in [1.82, 2.24) is 0 Å². The number of ether oxygens (including phenoxy) is 3. The molecule has 1 fully saturated rings. The second-order valence-electron chi connectivity index (χ2n) is 8.75. The highest BCUT2D eigenvalue weighted by atomic mass is 19.2. The van der Waals surface area contributed by atoms with Gasteiger partial charge in [0, 0.05) is 6.61 Å². The van der Waals surface area contributed by atoms with Gasteiger partial charge in [-0.2, -0.15) is 4.39 Å². The van der Waals surface area contributed by atoms with Gasteiger partial charge in [0.15, 0.2) is 23.1 Å². The molecule has 0 unspecified atom stereocenters. The van der Waals surface area contributed by atoms with E-state index in [0.29, 0.717) is 42.7 Å². The zero-order valence-electron chi connectivity index (χ0n) is 20.4. The Bertz CT molecular complexity index is 1200. The van der Waals surface area contributed by atoms with Crippen molar-refractivity contribution >= 4 is 5.97 Å². The fourth-order valence-electron chi connectivity index (χ4n) is 4.63. The summed E-state index contributed by atoms with van der Waals surface area (Å²) < 4.78 is 59.8. The molecule has 1 aliphatic rings. The molecule has 3 aromatic carbocycles. The Hall–Kier alpha value is -3.32. The lowest BCUT2D eigenvalue weighted by atomic mass is 9.82. The largest absolute Gasteiger partial charge is 0.491 e. The molecule has 0 atom stereocenters. The van der Waals surface area contributed by atoms with Gasteiger partial charge >= 0.3 is 5.97 Å². The summed E-state index contributed by atoms with van der Waals surface area (Å²) in [5.41, 5.74) is 1.74. The van der Waals surface area contributed by atoms with Crippen LogP contribution in [-0.2, 0) is 4.74 Å². The molecule has 190 valence electrons. The van der Waals surface area contributed by atoms with Crippen LogP contribution in [0.15, 0.2) is 54.6 Å². The van der Waals surface area contributed by atoms with Gasteiger partial charge in [0.25, 0.3) is 0 Å². The molecule has 0 heterocycles. The number of esters is 1. The molecule has 4 rings (SSSR count). The second-order valence-corrected chi connectivity index (χ2v) is 8.75. The van der Waals surface area contributed by atoms with Crippen LogP contribution in [0.1, 0.15) is 61.4 Å². The highest BCUT2D eigenvalue weighted by Gasteiger charge is 2.27. The lowest BCUT2D eigenvalue weighted by Gasteiger charge is -2.28. The van der Waals surface area contributed by atoms with Crippen molar-refractivity contribution < 1.29 is 32.2 Å². The Balaban J connectivity index is 1.43. The first-order chi connectivity index (χ1) is 17.4. The Morgan fingerprint density at radius 3 is 2.11 bits per heavy atom. The normalized spacial score (nSPS) is 17.6. The number of carbonyl (C=O) groups excluding carboxylic acids is 1. The van der Waals surface area contributed by atoms with Gasteiger partial charge in [-0.25, -0.2) is 13.6 Å². The van der Waals surface area contributed by atoms with Crippen LogP contribution in [0.2, 0.25) is 0 Å². The van der Waals surface area contributed by atoms with Crippen LogP contribution >= 0.6 is 0 Å². The molecular weight excluding hydrogens is 469 g/mol. The predicted molar refractivity (Wildman–Crippen MR) is 131 cm³/mol. The summed E-state index contributed by atoms with van der Waals surface area (Å²) in [6.07, 6.45) is 3.19. The van der Waals surface area contributed by atoms with E-state index in [-0.39, 0.29) is 23.3 Å². The zero-order valence-corrected chi connectivity index (χ0v) is 20.4. The van der Waals surface area contributed by atoms with Gasteiger partial charge in [-0.3, -0.25) is 0 Å². The minimum Gasteiger partial charge on any atom is -0.491 e. The molecule has 0 radical (unpaired) electrons. The topological polar surface area (TPSA) is 44.8 Å². The summed E-state index contributed by atoms with van der Waals surface area (Å²) in [7, 11) is 0. The number of carbonyl (C=O) groups is 1.